The van der Waals surface area contributed by atoms with Crippen LogP contribution >= 0.6 is 23.1 Å². The van der Waals surface area contributed by atoms with Crippen LogP contribution in [0.5, 0.6) is 0 Å². The average molecular weight is 326 g/mol. The Labute approximate surface area is 134 Å². The van der Waals surface area contributed by atoms with Gasteiger partial charge in [0.2, 0.25) is 0 Å². The van der Waals surface area contributed by atoms with E-state index in [1.807, 2.05) is 18.7 Å². The summed E-state index contributed by atoms with van der Waals surface area (Å²) in [7, 11) is 0. The van der Waals surface area contributed by atoms with Crippen LogP contribution in [0, 0.1) is 0 Å². The minimum Gasteiger partial charge on any atom is -0.337 e. The SMILES string of the molecule is C[C@H](NC(=O)NC[C@@]1(C)CCCS1)c1csc(C2CC2)n1. The van der Waals surface area contributed by atoms with E-state index in [1.54, 1.807) is 11.3 Å². The van der Waals surface area contributed by atoms with Crippen LogP contribution < -0.4 is 10.6 Å². The largest absolute Gasteiger partial charge is 0.337 e. The number of urea groups is 1. The lowest BCUT2D eigenvalue weighted by Gasteiger charge is -2.23. The van der Waals surface area contributed by atoms with Crippen molar-refractivity contribution >= 4 is 29.1 Å². The van der Waals surface area contributed by atoms with Gasteiger partial charge < -0.3 is 10.6 Å². The van der Waals surface area contributed by atoms with Gasteiger partial charge in [0.25, 0.3) is 0 Å². The number of hydrogen-bond donors (Lipinski definition) is 2. The monoisotopic (exact) mass is 325 g/mol. The summed E-state index contributed by atoms with van der Waals surface area (Å²) in [4.78, 5) is 16.7. The summed E-state index contributed by atoms with van der Waals surface area (Å²) < 4.78 is 0.209. The number of carbonyl (C=O) groups excluding carboxylic acids is 1. The van der Waals surface area contributed by atoms with Crippen LogP contribution in [0.1, 0.15) is 62.2 Å². The van der Waals surface area contributed by atoms with Crippen molar-refractivity contribution in [1.82, 2.24) is 15.6 Å². The van der Waals surface area contributed by atoms with Gasteiger partial charge in [0, 0.05) is 22.6 Å². The zero-order valence-corrected chi connectivity index (χ0v) is 14.3. The average Bonchev–Trinajstić information content (AvgIpc) is 3.02. The number of nitrogens with one attached hydrogen (secondary N) is 2. The van der Waals surface area contributed by atoms with Crippen molar-refractivity contribution in [3.05, 3.63) is 16.1 Å². The van der Waals surface area contributed by atoms with Crippen molar-refractivity contribution in [3.8, 4) is 0 Å². The third-order valence-electron chi connectivity index (χ3n) is 4.18. The van der Waals surface area contributed by atoms with E-state index < -0.39 is 0 Å². The predicted octanol–water partition coefficient (Wildman–Crippen LogP) is 3.67. The summed E-state index contributed by atoms with van der Waals surface area (Å²) in [5, 5.41) is 9.31. The number of nitrogens with zero attached hydrogens (tertiary/aromatic N) is 1. The van der Waals surface area contributed by atoms with E-state index in [-0.39, 0.29) is 16.8 Å². The fraction of sp³-hybridized carbons (Fsp3) is 0.733. The smallest absolute Gasteiger partial charge is 0.315 e. The summed E-state index contributed by atoms with van der Waals surface area (Å²) in [6.45, 7) is 4.97. The molecule has 1 aromatic rings. The van der Waals surface area contributed by atoms with Gasteiger partial charge in [-0.3, -0.25) is 0 Å². The van der Waals surface area contributed by atoms with Gasteiger partial charge in [0.1, 0.15) is 0 Å². The Morgan fingerprint density at radius 1 is 1.57 bits per heavy atom. The first-order chi connectivity index (χ1) is 10.1. The fourth-order valence-electron chi connectivity index (χ4n) is 2.58. The molecular formula is C15H23N3OS2. The molecule has 0 unspecified atom stereocenters. The van der Waals surface area contributed by atoms with Crippen LogP contribution in [0.2, 0.25) is 0 Å². The summed E-state index contributed by atoms with van der Waals surface area (Å²) in [6.07, 6.45) is 4.98. The number of hydrogen-bond acceptors (Lipinski definition) is 4. The van der Waals surface area contributed by atoms with Crippen LogP contribution in [-0.2, 0) is 0 Å². The molecule has 0 spiro atoms. The number of thioether (sulfide) groups is 1. The lowest BCUT2D eigenvalue weighted by Crippen LogP contribution is -2.43. The molecule has 2 amide bonds. The first-order valence-corrected chi connectivity index (χ1v) is 9.56. The van der Waals surface area contributed by atoms with Crippen LogP contribution in [-0.4, -0.2) is 28.1 Å². The van der Waals surface area contributed by atoms with Crippen LogP contribution in [0.3, 0.4) is 0 Å². The van der Waals surface area contributed by atoms with E-state index in [2.05, 4.69) is 27.9 Å². The number of aromatic nitrogens is 1. The van der Waals surface area contributed by atoms with E-state index in [0.717, 1.165) is 12.2 Å². The molecule has 2 atom stereocenters. The molecule has 1 aliphatic carbocycles. The van der Waals surface area contributed by atoms with E-state index in [0.29, 0.717) is 5.92 Å². The van der Waals surface area contributed by atoms with Crippen molar-refractivity contribution in [2.45, 2.75) is 56.2 Å². The highest BCUT2D eigenvalue weighted by atomic mass is 32.2. The highest BCUT2D eigenvalue weighted by Gasteiger charge is 2.30. The summed E-state index contributed by atoms with van der Waals surface area (Å²) >= 11 is 3.68. The maximum atomic E-state index is 12.0. The van der Waals surface area contributed by atoms with Gasteiger partial charge in [-0.1, -0.05) is 0 Å². The third-order valence-corrected chi connectivity index (χ3v) is 6.74. The van der Waals surface area contributed by atoms with E-state index in [9.17, 15) is 4.79 Å². The van der Waals surface area contributed by atoms with Gasteiger partial charge in [-0.2, -0.15) is 11.8 Å². The van der Waals surface area contributed by atoms with Gasteiger partial charge in [-0.15, -0.1) is 11.3 Å². The molecule has 2 fully saturated rings. The van der Waals surface area contributed by atoms with Crippen LogP contribution in [0.15, 0.2) is 5.38 Å². The van der Waals surface area contributed by atoms with Gasteiger partial charge in [0.15, 0.2) is 0 Å². The predicted molar refractivity (Wildman–Crippen MR) is 89.1 cm³/mol. The Hall–Kier alpha value is -0.750. The molecule has 116 valence electrons. The molecule has 0 radical (unpaired) electrons. The van der Waals surface area contributed by atoms with Crippen molar-refractivity contribution in [3.63, 3.8) is 0 Å². The van der Waals surface area contributed by atoms with E-state index in [1.165, 1.54) is 36.4 Å². The molecule has 1 aromatic heterocycles. The van der Waals surface area contributed by atoms with Gasteiger partial charge in [-0.25, -0.2) is 9.78 Å². The highest BCUT2D eigenvalue weighted by molar-refractivity contribution is 8.00. The zero-order chi connectivity index (χ0) is 14.9. The molecule has 2 heterocycles. The summed E-state index contributed by atoms with van der Waals surface area (Å²) in [5.74, 6) is 1.89. The van der Waals surface area contributed by atoms with Crippen molar-refractivity contribution in [2.75, 3.05) is 12.3 Å². The second-order valence-electron chi connectivity index (χ2n) is 6.34. The Morgan fingerprint density at radius 3 is 3.05 bits per heavy atom. The van der Waals surface area contributed by atoms with Crippen molar-refractivity contribution < 1.29 is 4.79 Å². The molecule has 4 nitrogen and oxygen atoms in total. The molecule has 1 aliphatic heterocycles. The second-order valence-corrected chi connectivity index (χ2v) is 8.91. The third kappa shape index (κ3) is 3.92. The van der Waals surface area contributed by atoms with Crippen LogP contribution in [0.25, 0.3) is 0 Å². The summed E-state index contributed by atoms with van der Waals surface area (Å²) in [6, 6.07) is -0.116. The Morgan fingerprint density at radius 2 is 2.38 bits per heavy atom. The first-order valence-electron chi connectivity index (χ1n) is 7.69. The zero-order valence-electron chi connectivity index (χ0n) is 12.6. The fourth-order valence-corrected chi connectivity index (χ4v) is 4.91. The molecule has 3 rings (SSSR count). The number of carbonyl (C=O) groups is 1. The molecule has 6 heteroatoms. The Kier molecular flexibility index (Phi) is 4.45. The summed E-state index contributed by atoms with van der Waals surface area (Å²) in [5.41, 5.74) is 0.985. The normalized spacial score (nSPS) is 26.6. The van der Waals surface area contributed by atoms with Gasteiger partial charge in [0.05, 0.1) is 16.7 Å². The lowest BCUT2D eigenvalue weighted by atomic mass is 10.1. The molecular weight excluding hydrogens is 302 g/mol. The number of thiazole rings is 1. The second kappa shape index (κ2) is 6.16. The number of rotatable bonds is 5. The Bertz CT molecular complexity index is 507. The van der Waals surface area contributed by atoms with Crippen LogP contribution in [0.4, 0.5) is 4.79 Å². The minimum absolute atomic E-state index is 0.0298. The van der Waals surface area contributed by atoms with Gasteiger partial charge in [-0.05, 0) is 45.3 Å². The maximum Gasteiger partial charge on any atom is 0.315 e. The standard InChI is InChI=1S/C15H23N3OS2/c1-10(12-8-20-13(18-12)11-4-5-11)17-14(19)16-9-15(2)6-3-7-21-15/h8,10-11H,3-7,9H2,1-2H3,(H2,16,17,19)/t10-,15+/m0/s1. The van der Waals surface area contributed by atoms with Gasteiger partial charge >= 0.3 is 6.03 Å². The molecule has 1 saturated heterocycles. The Balaban J connectivity index is 1.46. The van der Waals surface area contributed by atoms with Crippen molar-refractivity contribution in [2.24, 2.45) is 0 Å². The molecule has 2 N–H and O–H groups in total. The number of amides is 2. The molecule has 1 saturated carbocycles. The van der Waals surface area contributed by atoms with Crippen molar-refractivity contribution in [1.29, 1.82) is 0 Å². The highest BCUT2D eigenvalue weighted by Crippen LogP contribution is 2.41. The van der Waals surface area contributed by atoms with E-state index >= 15 is 0 Å². The first kappa shape index (κ1) is 15.2. The van der Waals surface area contributed by atoms with E-state index in [4.69, 9.17) is 0 Å². The topological polar surface area (TPSA) is 54.0 Å². The quantitative estimate of drug-likeness (QED) is 0.868. The maximum absolute atomic E-state index is 12.0. The molecule has 2 aliphatic rings. The molecule has 21 heavy (non-hydrogen) atoms. The molecule has 0 aromatic carbocycles. The molecule has 0 bridgehead atoms. The minimum atomic E-state index is -0.0859. The lowest BCUT2D eigenvalue weighted by molar-refractivity contribution is 0.236.